The first-order chi connectivity index (χ1) is 9.94. The fraction of sp³-hybridized carbons (Fsp3) is 0.214. The molecule has 5 nitrogen and oxygen atoms in total. The molecule has 1 aromatic heterocycles. The molecular formula is C14H16FN3O2S. The molecule has 7 heteroatoms. The maximum Gasteiger partial charge on any atom is 0.241 e. The summed E-state index contributed by atoms with van der Waals surface area (Å²) in [7, 11) is -3.85. The van der Waals surface area contributed by atoms with E-state index >= 15 is 0 Å². The van der Waals surface area contributed by atoms with Crippen molar-refractivity contribution in [2.75, 3.05) is 0 Å². The van der Waals surface area contributed by atoms with E-state index in [4.69, 9.17) is 5.73 Å². The van der Waals surface area contributed by atoms with E-state index in [1.165, 1.54) is 18.2 Å². The molecular weight excluding hydrogens is 293 g/mol. The second-order valence-corrected chi connectivity index (χ2v) is 6.25. The zero-order valence-corrected chi connectivity index (χ0v) is 12.3. The van der Waals surface area contributed by atoms with Crippen molar-refractivity contribution in [1.29, 1.82) is 0 Å². The lowest BCUT2D eigenvalue weighted by atomic mass is 10.2. The number of nitrogens with one attached hydrogen (secondary N) is 1. The molecule has 0 aliphatic heterocycles. The third-order valence-corrected chi connectivity index (χ3v) is 4.44. The normalized spacial score (nSPS) is 11.6. The van der Waals surface area contributed by atoms with Crippen molar-refractivity contribution >= 4 is 10.0 Å². The van der Waals surface area contributed by atoms with Crippen LogP contribution in [0.15, 0.2) is 41.3 Å². The lowest BCUT2D eigenvalue weighted by Gasteiger charge is -2.11. The van der Waals surface area contributed by atoms with Crippen LogP contribution in [-0.4, -0.2) is 13.4 Å². The molecule has 0 unspecified atom stereocenters. The Balaban J connectivity index is 2.25. The third-order valence-electron chi connectivity index (χ3n) is 2.96. The van der Waals surface area contributed by atoms with Gasteiger partial charge in [-0.2, -0.15) is 0 Å². The summed E-state index contributed by atoms with van der Waals surface area (Å²) < 4.78 is 40.5. The van der Waals surface area contributed by atoms with Crippen molar-refractivity contribution in [3.63, 3.8) is 0 Å². The average molecular weight is 309 g/mol. The standard InChI is InChI=1S/C14H16FN3O2S/c1-10-4-2-5-11(18-10)9-17-21(19,20)14-7-3-6-13(15)12(14)8-16/h2-7,17H,8-9,16H2,1H3. The van der Waals surface area contributed by atoms with E-state index in [9.17, 15) is 12.8 Å². The number of benzene rings is 1. The van der Waals surface area contributed by atoms with Gasteiger partial charge < -0.3 is 5.73 Å². The molecule has 2 rings (SSSR count). The molecule has 112 valence electrons. The zero-order chi connectivity index (χ0) is 15.5. The van der Waals surface area contributed by atoms with Crippen LogP contribution >= 0.6 is 0 Å². The van der Waals surface area contributed by atoms with Crippen LogP contribution in [0, 0.1) is 12.7 Å². The largest absolute Gasteiger partial charge is 0.326 e. The van der Waals surface area contributed by atoms with Crippen LogP contribution in [0.2, 0.25) is 0 Å². The van der Waals surface area contributed by atoms with Gasteiger partial charge in [-0.1, -0.05) is 12.1 Å². The monoisotopic (exact) mass is 309 g/mol. The van der Waals surface area contributed by atoms with Crippen molar-refractivity contribution in [2.24, 2.45) is 5.73 Å². The number of hydrogen-bond donors (Lipinski definition) is 2. The van der Waals surface area contributed by atoms with Crippen LogP contribution in [-0.2, 0) is 23.1 Å². The molecule has 0 radical (unpaired) electrons. The quantitative estimate of drug-likeness (QED) is 0.876. The second kappa shape index (κ2) is 6.30. The van der Waals surface area contributed by atoms with E-state index in [0.29, 0.717) is 5.69 Å². The first-order valence-corrected chi connectivity index (χ1v) is 7.82. The van der Waals surface area contributed by atoms with Gasteiger partial charge in [0.2, 0.25) is 10.0 Å². The number of sulfonamides is 1. The van der Waals surface area contributed by atoms with Gasteiger partial charge in [-0.25, -0.2) is 17.5 Å². The molecule has 0 atom stereocenters. The molecule has 3 N–H and O–H groups in total. The maximum absolute atomic E-state index is 13.6. The first-order valence-electron chi connectivity index (χ1n) is 6.33. The Morgan fingerprint density at radius 3 is 2.62 bits per heavy atom. The smallest absolute Gasteiger partial charge is 0.241 e. The van der Waals surface area contributed by atoms with Gasteiger partial charge in [0.1, 0.15) is 5.82 Å². The average Bonchev–Trinajstić information content (AvgIpc) is 2.45. The summed E-state index contributed by atoms with van der Waals surface area (Å²) in [6.45, 7) is 1.66. The van der Waals surface area contributed by atoms with Crippen molar-refractivity contribution in [3.8, 4) is 0 Å². The highest BCUT2D eigenvalue weighted by Gasteiger charge is 2.20. The van der Waals surface area contributed by atoms with Gasteiger partial charge in [0, 0.05) is 17.8 Å². The van der Waals surface area contributed by atoms with E-state index in [0.717, 1.165) is 5.69 Å². The summed E-state index contributed by atoms with van der Waals surface area (Å²) in [5.74, 6) is -0.631. The summed E-state index contributed by atoms with van der Waals surface area (Å²) in [6.07, 6.45) is 0. The van der Waals surface area contributed by atoms with Gasteiger partial charge in [0.15, 0.2) is 0 Å². The minimum atomic E-state index is -3.85. The Morgan fingerprint density at radius 2 is 1.95 bits per heavy atom. The Morgan fingerprint density at radius 1 is 1.24 bits per heavy atom. The maximum atomic E-state index is 13.6. The Bertz CT molecular complexity index is 748. The summed E-state index contributed by atoms with van der Waals surface area (Å²) in [5.41, 5.74) is 6.78. The first kappa shape index (κ1) is 15.6. The van der Waals surface area contributed by atoms with Gasteiger partial charge in [0.25, 0.3) is 0 Å². The SMILES string of the molecule is Cc1cccc(CNS(=O)(=O)c2cccc(F)c2CN)n1. The van der Waals surface area contributed by atoms with Gasteiger partial charge in [-0.15, -0.1) is 0 Å². The zero-order valence-electron chi connectivity index (χ0n) is 11.5. The minimum absolute atomic E-state index is 0.0257. The second-order valence-electron chi connectivity index (χ2n) is 4.52. The highest BCUT2D eigenvalue weighted by Crippen LogP contribution is 2.18. The number of hydrogen-bond acceptors (Lipinski definition) is 4. The molecule has 21 heavy (non-hydrogen) atoms. The number of rotatable bonds is 5. The van der Waals surface area contributed by atoms with Crippen molar-refractivity contribution in [2.45, 2.75) is 24.9 Å². The molecule has 2 aromatic rings. The van der Waals surface area contributed by atoms with Gasteiger partial charge in [-0.05, 0) is 31.2 Å². The highest BCUT2D eigenvalue weighted by atomic mass is 32.2. The van der Waals surface area contributed by atoms with Gasteiger partial charge >= 0.3 is 0 Å². The number of halogens is 1. The van der Waals surface area contributed by atoms with Crippen molar-refractivity contribution < 1.29 is 12.8 Å². The molecule has 1 heterocycles. The predicted molar refractivity (Wildman–Crippen MR) is 77.3 cm³/mol. The molecule has 0 aliphatic rings. The lowest BCUT2D eigenvalue weighted by molar-refractivity contribution is 0.570. The third kappa shape index (κ3) is 3.63. The topological polar surface area (TPSA) is 85.1 Å². The summed E-state index contributed by atoms with van der Waals surface area (Å²) in [5, 5.41) is 0. The lowest BCUT2D eigenvalue weighted by Crippen LogP contribution is -2.25. The number of aryl methyl sites for hydroxylation is 1. The molecule has 0 bridgehead atoms. The summed E-state index contributed by atoms with van der Waals surface area (Å²) in [6, 6.07) is 9.18. The van der Waals surface area contributed by atoms with Crippen LogP contribution < -0.4 is 10.5 Å². The minimum Gasteiger partial charge on any atom is -0.326 e. The Labute approximate surface area is 123 Å². The van der Waals surface area contributed by atoms with E-state index in [1.807, 2.05) is 13.0 Å². The molecule has 0 amide bonds. The summed E-state index contributed by atoms with van der Waals surface area (Å²) in [4.78, 5) is 4.06. The Hall–Kier alpha value is -1.83. The van der Waals surface area contributed by atoms with Crippen molar-refractivity contribution in [1.82, 2.24) is 9.71 Å². The number of pyridine rings is 1. The number of nitrogens with zero attached hydrogens (tertiary/aromatic N) is 1. The highest BCUT2D eigenvalue weighted by molar-refractivity contribution is 7.89. The Kier molecular flexibility index (Phi) is 4.66. The summed E-state index contributed by atoms with van der Waals surface area (Å²) >= 11 is 0. The molecule has 0 spiro atoms. The van der Waals surface area contributed by atoms with Crippen molar-refractivity contribution in [3.05, 3.63) is 59.2 Å². The molecule has 0 saturated heterocycles. The van der Waals surface area contributed by atoms with E-state index in [2.05, 4.69) is 9.71 Å². The van der Waals surface area contributed by atoms with Crippen LogP contribution in [0.25, 0.3) is 0 Å². The molecule has 0 aliphatic carbocycles. The predicted octanol–water partition coefficient (Wildman–Crippen LogP) is 1.47. The van der Waals surface area contributed by atoms with Crippen LogP contribution in [0.1, 0.15) is 17.0 Å². The van der Waals surface area contributed by atoms with E-state index < -0.39 is 15.8 Å². The van der Waals surface area contributed by atoms with Crippen LogP contribution in [0.4, 0.5) is 4.39 Å². The molecule has 0 fully saturated rings. The van der Waals surface area contributed by atoms with E-state index in [-0.39, 0.29) is 23.5 Å². The van der Waals surface area contributed by atoms with Crippen LogP contribution in [0.5, 0.6) is 0 Å². The molecule has 1 aromatic carbocycles. The van der Waals surface area contributed by atoms with Gasteiger partial charge in [0.05, 0.1) is 17.1 Å². The molecule has 0 saturated carbocycles. The fourth-order valence-corrected chi connectivity index (χ4v) is 3.19. The van der Waals surface area contributed by atoms with Gasteiger partial charge in [-0.3, -0.25) is 4.98 Å². The number of aromatic nitrogens is 1. The van der Waals surface area contributed by atoms with E-state index in [1.54, 1.807) is 12.1 Å². The number of nitrogens with two attached hydrogens (primary N) is 1. The fourth-order valence-electron chi connectivity index (χ4n) is 1.93. The van der Waals surface area contributed by atoms with Crippen LogP contribution in [0.3, 0.4) is 0 Å².